The summed E-state index contributed by atoms with van der Waals surface area (Å²) in [4.78, 5) is 36.7. The quantitative estimate of drug-likeness (QED) is 0.684. The van der Waals surface area contributed by atoms with E-state index in [9.17, 15) is 14.4 Å². The van der Waals surface area contributed by atoms with E-state index >= 15 is 0 Å². The molecule has 0 radical (unpaired) electrons. The number of hydrogen-bond donors (Lipinski definition) is 2. The topological polar surface area (TPSA) is 98.5 Å². The minimum Gasteiger partial charge on any atom is -0.466 e. The summed E-state index contributed by atoms with van der Waals surface area (Å²) in [7, 11) is 0. The summed E-state index contributed by atoms with van der Waals surface area (Å²) in [5.74, 6) is 0.500. The van der Waals surface area contributed by atoms with E-state index in [4.69, 9.17) is 10.5 Å². The van der Waals surface area contributed by atoms with E-state index in [0.29, 0.717) is 24.4 Å². The van der Waals surface area contributed by atoms with Crippen LogP contribution in [-0.4, -0.2) is 30.4 Å². The van der Waals surface area contributed by atoms with Gasteiger partial charge in [-0.1, -0.05) is 6.92 Å². The van der Waals surface area contributed by atoms with Gasteiger partial charge in [-0.15, -0.1) is 0 Å². The smallest absolute Gasteiger partial charge is 0.308 e. The van der Waals surface area contributed by atoms with Crippen molar-refractivity contribution >= 4 is 17.8 Å². The molecule has 0 unspecified atom stereocenters. The second kappa shape index (κ2) is 6.96. The van der Waals surface area contributed by atoms with Gasteiger partial charge in [0.15, 0.2) is 0 Å². The van der Waals surface area contributed by atoms with Crippen molar-refractivity contribution in [2.45, 2.75) is 64.8 Å². The number of carbonyl (C=O) groups is 3. The van der Waals surface area contributed by atoms with Gasteiger partial charge < -0.3 is 15.8 Å². The van der Waals surface area contributed by atoms with Crippen LogP contribution in [0.5, 0.6) is 0 Å². The van der Waals surface area contributed by atoms with Crippen molar-refractivity contribution in [3.63, 3.8) is 0 Å². The highest BCUT2D eigenvalue weighted by atomic mass is 16.5. The number of nitrogens with two attached hydrogens (primary N) is 1. The molecule has 4 fully saturated rings. The summed E-state index contributed by atoms with van der Waals surface area (Å²) < 4.78 is 4.99. The zero-order valence-electron chi connectivity index (χ0n) is 15.3. The van der Waals surface area contributed by atoms with Gasteiger partial charge in [0.05, 0.1) is 12.5 Å². The number of ether oxygens (including phenoxy) is 1. The lowest BCUT2D eigenvalue weighted by Gasteiger charge is -2.55. The molecular weight excluding hydrogens is 320 g/mol. The van der Waals surface area contributed by atoms with E-state index in [1.807, 2.05) is 0 Å². The van der Waals surface area contributed by atoms with Gasteiger partial charge in [-0.2, -0.15) is 0 Å². The molecule has 0 aliphatic heterocycles. The summed E-state index contributed by atoms with van der Waals surface area (Å²) in [5.41, 5.74) is 5.17. The Morgan fingerprint density at radius 3 is 2.08 bits per heavy atom. The minimum atomic E-state index is -0.820. The molecular formula is C19H30N2O4. The molecule has 0 aromatic heterocycles. The van der Waals surface area contributed by atoms with E-state index in [2.05, 4.69) is 5.32 Å². The van der Waals surface area contributed by atoms with Gasteiger partial charge in [0, 0.05) is 5.41 Å². The Morgan fingerprint density at radius 1 is 1.12 bits per heavy atom. The SMILES string of the molecule is CCOC(=O)[C@H](C)C[C@H](NC(=O)C12CC3CC(CC(C3)C1)C2)C(N)=O. The Morgan fingerprint density at radius 2 is 1.64 bits per heavy atom. The van der Waals surface area contributed by atoms with Crippen LogP contribution in [-0.2, 0) is 19.1 Å². The Hall–Kier alpha value is -1.59. The molecule has 0 spiro atoms. The second-order valence-electron chi connectivity index (χ2n) is 8.52. The summed E-state index contributed by atoms with van der Waals surface area (Å²) in [6.07, 6.45) is 6.76. The first-order valence-corrected chi connectivity index (χ1v) is 9.60. The molecule has 4 rings (SSSR count). The normalized spacial score (nSPS) is 35.0. The molecule has 4 bridgehead atoms. The van der Waals surface area contributed by atoms with Gasteiger partial charge in [-0.3, -0.25) is 14.4 Å². The molecule has 6 nitrogen and oxygen atoms in total. The van der Waals surface area contributed by atoms with E-state index < -0.39 is 17.9 Å². The zero-order chi connectivity index (χ0) is 18.2. The summed E-state index contributed by atoms with van der Waals surface area (Å²) in [6, 6.07) is -0.820. The predicted molar refractivity (Wildman–Crippen MR) is 92.1 cm³/mol. The van der Waals surface area contributed by atoms with Crippen LogP contribution in [0.3, 0.4) is 0 Å². The number of nitrogens with one attached hydrogen (secondary N) is 1. The molecule has 4 aliphatic rings. The fourth-order valence-corrected chi connectivity index (χ4v) is 5.68. The van der Waals surface area contributed by atoms with Crippen LogP contribution >= 0.6 is 0 Å². The summed E-state index contributed by atoms with van der Waals surface area (Å²) >= 11 is 0. The highest BCUT2D eigenvalue weighted by molar-refractivity contribution is 5.90. The first-order valence-electron chi connectivity index (χ1n) is 9.60. The Kier molecular flexibility index (Phi) is 5.07. The van der Waals surface area contributed by atoms with Crippen LogP contribution in [0.4, 0.5) is 0 Å². The molecule has 0 aromatic rings. The van der Waals surface area contributed by atoms with Crippen molar-refractivity contribution in [3.05, 3.63) is 0 Å². The first-order chi connectivity index (χ1) is 11.8. The number of rotatable bonds is 7. The third-order valence-electron chi connectivity index (χ3n) is 6.45. The monoisotopic (exact) mass is 350 g/mol. The van der Waals surface area contributed by atoms with E-state index in [-0.39, 0.29) is 23.7 Å². The fraction of sp³-hybridized carbons (Fsp3) is 0.842. The standard InChI is InChI=1S/C19H30N2O4/c1-3-25-17(23)11(2)4-15(16(20)22)21-18(24)19-8-12-5-13(9-19)7-14(6-12)10-19/h11-15H,3-10H2,1-2H3,(H2,20,22)(H,21,24)/t11-,12?,13?,14?,15+,19?/m1/s1. The Labute approximate surface area is 149 Å². The molecule has 6 heteroatoms. The van der Waals surface area contributed by atoms with Crippen molar-refractivity contribution in [1.82, 2.24) is 5.32 Å². The average molecular weight is 350 g/mol. The van der Waals surface area contributed by atoms with Crippen molar-refractivity contribution in [2.24, 2.45) is 34.8 Å². The highest BCUT2D eigenvalue weighted by Gasteiger charge is 2.54. The summed E-state index contributed by atoms with van der Waals surface area (Å²) in [6.45, 7) is 3.74. The van der Waals surface area contributed by atoms with Crippen LogP contribution in [0.15, 0.2) is 0 Å². The van der Waals surface area contributed by atoms with Crippen LogP contribution in [0, 0.1) is 29.1 Å². The van der Waals surface area contributed by atoms with Gasteiger partial charge in [-0.25, -0.2) is 0 Å². The molecule has 0 aromatic carbocycles. The van der Waals surface area contributed by atoms with Crippen molar-refractivity contribution in [1.29, 1.82) is 0 Å². The maximum atomic E-state index is 13.1. The third kappa shape index (κ3) is 3.67. The van der Waals surface area contributed by atoms with Crippen LogP contribution in [0.1, 0.15) is 58.8 Å². The van der Waals surface area contributed by atoms with Crippen LogP contribution in [0.25, 0.3) is 0 Å². The van der Waals surface area contributed by atoms with E-state index in [0.717, 1.165) is 19.3 Å². The van der Waals surface area contributed by atoms with Gasteiger partial charge >= 0.3 is 5.97 Å². The average Bonchev–Trinajstić information content (AvgIpc) is 2.52. The maximum absolute atomic E-state index is 13.1. The van der Waals surface area contributed by atoms with E-state index in [1.54, 1.807) is 13.8 Å². The lowest BCUT2D eigenvalue weighted by molar-refractivity contribution is -0.151. The first kappa shape index (κ1) is 18.2. The van der Waals surface area contributed by atoms with Gasteiger partial charge in [0.1, 0.15) is 6.04 Å². The molecule has 3 N–H and O–H groups in total. The molecule has 140 valence electrons. The molecule has 0 heterocycles. The summed E-state index contributed by atoms with van der Waals surface area (Å²) in [5, 5.41) is 2.88. The predicted octanol–water partition coefficient (Wildman–Crippen LogP) is 1.76. The number of carbonyl (C=O) groups excluding carboxylic acids is 3. The number of amides is 2. The fourth-order valence-electron chi connectivity index (χ4n) is 5.68. The lowest BCUT2D eigenvalue weighted by atomic mass is 9.49. The van der Waals surface area contributed by atoms with Crippen molar-refractivity contribution < 1.29 is 19.1 Å². The largest absolute Gasteiger partial charge is 0.466 e. The molecule has 25 heavy (non-hydrogen) atoms. The lowest BCUT2D eigenvalue weighted by Crippen LogP contribution is -2.57. The number of hydrogen-bond acceptors (Lipinski definition) is 4. The third-order valence-corrected chi connectivity index (χ3v) is 6.45. The van der Waals surface area contributed by atoms with Gasteiger partial charge in [-0.05, 0) is 69.6 Å². The van der Waals surface area contributed by atoms with Crippen molar-refractivity contribution in [2.75, 3.05) is 6.61 Å². The zero-order valence-corrected chi connectivity index (χ0v) is 15.3. The Bertz CT molecular complexity index is 524. The Balaban J connectivity index is 1.65. The molecule has 2 amide bonds. The maximum Gasteiger partial charge on any atom is 0.308 e. The highest BCUT2D eigenvalue weighted by Crippen LogP contribution is 2.60. The number of esters is 1. The van der Waals surface area contributed by atoms with Gasteiger partial charge in [0.25, 0.3) is 0 Å². The number of primary amides is 1. The van der Waals surface area contributed by atoms with Gasteiger partial charge in [0.2, 0.25) is 11.8 Å². The van der Waals surface area contributed by atoms with Crippen molar-refractivity contribution in [3.8, 4) is 0 Å². The molecule has 4 aliphatic carbocycles. The van der Waals surface area contributed by atoms with Crippen LogP contribution < -0.4 is 11.1 Å². The van der Waals surface area contributed by atoms with E-state index in [1.165, 1.54) is 19.3 Å². The minimum absolute atomic E-state index is 0.0357. The second-order valence-corrected chi connectivity index (χ2v) is 8.52. The molecule has 2 atom stereocenters. The molecule has 0 saturated heterocycles. The van der Waals surface area contributed by atoms with Crippen LogP contribution in [0.2, 0.25) is 0 Å². The molecule has 4 saturated carbocycles.